The lowest BCUT2D eigenvalue weighted by Gasteiger charge is -2.27. The van der Waals surface area contributed by atoms with Gasteiger partial charge in [-0.3, -0.25) is 9.59 Å². The highest BCUT2D eigenvalue weighted by Crippen LogP contribution is 2.55. The number of benzene rings is 3. The van der Waals surface area contributed by atoms with Crippen molar-refractivity contribution in [3.8, 4) is 0 Å². The van der Waals surface area contributed by atoms with Crippen LogP contribution in [0.1, 0.15) is 12.8 Å². The summed E-state index contributed by atoms with van der Waals surface area (Å²) < 4.78 is 5.34. The minimum absolute atomic E-state index is 0.185. The number of unbranched alkanes of at least 4 members (excludes halogenated alkanes) is 1. The third kappa shape index (κ3) is 6.69. The van der Waals surface area contributed by atoms with Gasteiger partial charge in [0.2, 0.25) is 5.91 Å². The summed E-state index contributed by atoms with van der Waals surface area (Å²) in [5.74, 6) is -0.652. The molecule has 1 amide bonds. The Bertz CT molecular complexity index is 939. The molecule has 0 heterocycles. The molecule has 0 bridgehead atoms. The Hall–Kier alpha value is -2.66. The zero-order chi connectivity index (χ0) is 24.2. The number of nitrogens with two attached hydrogens (primary N) is 1. The number of carbonyl (C=O) groups is 2. The molecule has 178 valence electrons. The number of esters is 1. The zero-order valence-corrected chi connectivity index (χ0v) is 21.0. The molecule has 3 aromatic rings. The smallest absolute Gasteiger partial charge is 0.325 e. The van der Waals surface area contributed by atoms with E-state index in [2.05, 4.69) is 109 Å². The highest BCUT2D eigenvalue weighted by Gasteiger charge is 2.44. The maximum Gasteiger partial charge on any atom is 0.325 e. The van der Waals surface area contributed by atoms with Crippen molar-refractivity contribution in [2.24, 2.45) is 5.73 Å². The molecule has 0 aromatic heterocycles. The molecule has 0 aliphatic carbocycles. The van der Waals surface area contributed by atoms with Crippen LogP contribution in [0.15, 0.2) is 91.0 Å². The lowest BCUT2D eigenvalue weighted by molar-refractivity contribution is -0.144. The summed E-state index contributed by atoms with van der Waals surface area (Å²) in [5, 5.41) is 6.50. The highest BCUT2D eigenvalue weighted by molar-refractivity contribution is 7.95. The summed E-state index contributed by atoms with van der Waals surface area (Å²) in [6.45, 7) is 0.126. The van der Waals surface area contributed by atoms with Crippen LogP contribution in [-0.2, 0) is 14.3 Å². The second-order valence-corrected chi connectivity index (χ2v) is 12.0. The third-order valence-electron chi connectivity index (χ3n) is 5.68. The number of amides is 1. The summed E-state index contributed by atoms with van der Waals surface area (Å²) in [7, 11) is -1.88. The predicted octanol–water partition coefficient (Wildman–Crippen LogP) is 2.68. The molecule has 0 radical (unpaired) electrons. The molecule has 3 aromatic carbocycles. The van der Waals surface area contributed by atoms with E-state index in [9.17, 15) is 9.59 Å². The van der Waals surface area contributed by atoms with Crippen LogP contribution in [0.5, 0.6) is 0 Å². The fourth-order valence-electron chi connectivity index (χ4n) is 3.94. The summed E-state index contributed by atoms with van der Waals surface area (Å²) in [4.78, 5) is 23.7. The van der Waals surface area contributed by atoms with E-state index in [1.54, 1.807) is 0 Å². The van der Waals surface area contributed by atoms with E-state index in [-0.39, 0.29) is 12.3 Å². The van der Waals surface area contributed by atoms with Gasteiger partial charge in [-0.1, -0.05) is 54.6 Å². The van der Waals surface area contributed by atoms with E-state index in [0.29, 0.717) is 6.61 Å². The standard InChI is InChI=1S/C27H31N2O3PS/c28-25(21-34)27(31)29-20-26(30)32-18-10-11-19-33(22-12-4-1-5-13-22,23-14-6-2-7-15-23)24-16-8-3-9-17-24/h1-9,12-17,25H,10-11,18-21,28H2,(H-,29,31,34)/p+1. The molecule has 0 saturated carbocycles. The Balaban J connectivity index is 1.69. The number of ether oxygens (including phenoxy) is 1. The van der Waals surface area contributed by atoms with Gasteiger partial charge in [0.1, 0.15) is 29.7 Å². The fraction of sp³-hybridized carbons (Fsp3) is 0.259. The van der Waals surface area contributed by atoms with E-state index in [1.807, 2.05) is 0 Å². The molecular weight excluding hydrogens is 463 g/mol. The number of nitrogens with one attached hydrogen (secondary N) is 1. The molecular formula is C27H32N2O3PS+. The third-order valence-corrected chi connectivity index (χ3v) is 10.6. The minimum Gasteiger partial charge on any atom is -0.464 e. The largest absolute Gasteiger partial charge is 0.464 e. The second kappa shape index (κ2) is 13.3. The Morgan fingerprint density at radius 1 is 0.824 bits per heavy atom. The normalized spacial score (nSPS) is 12.1. The van der Waals surface area contributed by atoms with Gasteiger partial charge in [-0.25, -0.2) is 0 Å². The van der Waals surface area contributed by atoms with Gasteiger partial charge in [0.15, 0.2) is 0 Å². The Kier molecular flexibility index (Phi) is 10.1. The number of hydrogen-bond acceptors (Lipinski definition) is 5. The van der Waals surface area contributed by atoms with Gasteiger partial charge in [0.05, 0.1) is 18.8 Å². The number of hydrogen-bond donors (Lipinski definition) is 3. The first-order chi connectivity index (χ1) is 16.6. The molecule has 3 rings (SSSR count). The molecule has 0 fully saturated rings. The first-order valence-electron chi connectivity index (χ1n) is 11.4. The fourth-order valence-corrected chi connectivity index (χ4v) is 8.52. The number of thiol groups is 1. The molecule has 5 nitrogen and oxygen atoms in total. The number of rotatable bonds is 12. The van der Waals surface area contributed by atoms with E-state index >= 15 is 0 Å². The van der Waals surface area contributed by atoms with Gasteiger partial charge in [0.25, 0.3) is 0 Å². The Morgan fingerprint density at radius 2 is 1.29 bits per heavy atom. The molecule has 0 spiro atoms. The average Bonchev–Trinajstić information content (AvgIpc) is 2.90. The van der Waals surface area contributed by atoms with Crippen LogP contribution in [0.25, 0.3) is 0 Å². The Labute approximate surface area is 207 Å². The van der Waals surface area contributed by atoms with Gasteiger partial charge in [-0.15, -0.1) is 0 Å². The van der Waals surface area contributed by atoms with Crippen molar-refractivity contribution in [2.45, 2.75) is 18.9 Å². The highest BCUT2D eigenvalue weighted by atomic mass is 32.1. The van der Waals surface area contributed by atoms with Crippen molar-refractivity contribution in [2.75, 3.05) is 25.1 Å². The number of carbonyl (C=O) groups excluding carboxylic acids is 2. The van der Waals surface area contributed by atoms with Crippen molar-refractivity contribution in [1.82, 2.24) is 5.32 Å². The monoisotopic (exact) mass is 495 g/mol. The molecule has 0 aliphatic heterocycles. The first-order valence-corrected chi connectivity index (χ1v) is 14.0. The summed E-state index contributed by atoms with van der Waals surface area (Å²) in [6.07, 6.45) is 2.61. The average molecular weight is 496 g/mol. The maximum atomic E-state index is 12.0. The van der Waals surface area contributed by atoms with Crippen LogP contribution in [0.2, 0.25) is 0 Å². The minimum atomic E-state index is -1.88. The second-order valence-electron chi connectivity index (χ2n) is 7.97. The predicted molar refractivity (Wildman–Crippen MR) is 145 cm³/mol. The molecule has 1 unspecified atom stereocenters. The van der Waals surface area contributed by atoms with Crippen LogP contribution in [-0.4, -0.2) is 43.0 Å². The van der Waals surface area contributed by atoms with Gasteiger partial charge in [0, 0.05) is 5.75 Å². The van der Waals surface area contributed by atoms with E-state index in [1.165, 1.54) is 15.9 Å². The summed E-state index contributed by atoms with van der Waals surface area (Å²) in [6, 6.07) is 31.4. The van der Waals surface area contributed by atoms with E-state index in [4.69, 9.17) is 10.5 Å². The van der Waals surface area contributed by atoms with Gasteiger partial charge >= 0.3 is 5.97 Å². The lowest BCUT2D eigenvalue weighted by Crippen LogP contribution is -2.44. The van der Waals surface area contributed by atoms with Crippen molar-refractivity contribution in [1.29, 1.82) is 0 Å². The van der Waals surface area contributed by atoms with Gasteiger partial charge in [-0.05, 0) is 49.2 Å². The van der Waals surface area contributed by atoms with Crippen LogP contribution in [0.3, 0.4) is 0 Å². The summed E-state index contributed by atoms with van der Waals surface area (Å²) in [5.41, 5.74) is 5.59. The van der Waals surface area contributed by atoms with Gasteiger partial charge < -0.3 is 15.8 Å². The van der Waals surface area contributed by atoms with Crippen LogP contribution < -0.4 is 27.0 Å². The Morgan fingerprint density at radius 3 is 1.74 bits per heavy atom. The van der Waals surface area contributed by atoms with E-state index < -0.39 is 25.2 Å². The van der Waals surface area contributed by atoms with Crippen molar-refractivity contribution in [3.63, 3.8) is 0 Å². The molecule has 1 atom stereocenters. The topological polar surface area (TPSA) is 81.4 Å². The SMILES string of the molecule is NC(CS)C(=O)NCC(=O)OCCCC[P+](c1ccccc1)(c1ccccc1)c1ccccc1. The molecule has 34 heavy (non-hydrogen) atoms. The van der Waals surface area contributed by atoms with E-state index in [0.717, 1.165) is 19.0 Å². The van der Waals surface area contributed by atoms with Crippen molar-refractivity contribution >= 4 is 47.7 Å². The molecule has 0 saturated heterocycles. The quantitative estimate of drug-likeness (QED) is 0.156. The summed E-state index contributed by atoms with van der Waals surface area (Å²) >= 11 is 3.98. The molecule has 3 N–H and O–H groups in total. The zero-order valence-electron chi connectivity index (χ0n) is 19.2. The lowest BCUT2D eigenvalue weighted by atomic mass is 10.3. The maximum absolute atomic E-state index is 12.0. The molecule has 7 heteroatoms. The van der Waals surface area contributed by atoms with Crippen molar-refractivity contribution in [3.05, 3.63) is 91.0 Å². The van der Waals surface area contributed by atoms with Crippen LogP contribution in [0.4, 0.5) is 0 Å². The van der Waals surface area contributed by atoms with Crippen LogP contribution >= 0.6 is 19.9 Å². The van der Waals surface area contributed by atoms with Gasteiger partial charge in [-0.2, -0.15) is 12.6 Å². The van der Waals surface area contributed by atoms with Crippen molar-refractivity contribution < 1.29 is 14.3 Å². The first kappa shape index (κ1) is 26.0. The van der Waals surface area contributed by atoms with Crippen LogP contribution in [0, 0.1) is 0 Å². The molecule has 0 aliphatic rings.